The minimum atomic E-state index is -0.217. The van der Waals surface area contributed by atoms with Gasteiger partial charge in [-0.1, -0.05) is 12.1 Å². The van der Waals surface area contributed by atoms with Gasteiger partial charge in [0.05, 0.1) is 40.0 Å². The molecule has 0 aromatic heterocycles. The number of aliphatic hydroxyl groups is 1. The number of amides is 1. The number of rotatable bonds is 6. The maximum atomic E-state index is 12.8. The molecule has 6 nitrogen and oxygen atoms in total. The summed E-state index contributed by atoms with van der Waals surface area (Å²) < 4.78 is 15.7. The second-order valence-corrected chi connectivity index (χ2v) is 5.89. The van der Waals surface area contributed by atoms with Crippen molar-refractivity contribution in [2.45, 2.75) is 6.54 Å². The van der Waals surface area contributed by atoms with Crippen LogP contribution in [0.4, 0.5) is 0 Å². The lowest BCUT2D eigenvalue weighted by atomic mass is 10.1. The Bertz CT molecular complexity index is 842. The van der Waals surface area contributed by atoms with E-state index in [0.29, 0.717) is 34.9 Å². The molecule has 0 atom stereocenters. The van der Waals surface area contributed by atoms with E-state index in [-0.39, 0.29) is 18.2 Å². The van der Waals surface area contributed by atoms with Gasteiger partial charge >= 0.3 is 0 Å². The molecule has 1 amide bonds. The van der Waals surface area contributed by atoms with Gasteiger partial charge in [0.25, 0.3) is 5.91 Å². The van der Waals surface area contributed by atoms with E-state index in [0.717, 1.165) is 5.56 Å². The van der Waals surface area contributed by atoms with Crippen molar-refractivity contribution in [3.8, 4) is 17.2 Å². The third-order valence-corrected chi connectivity index (χ3v) is 4.36. The Labute approximate surface area is 152 Å². The van der Waals surface area contributed by atoms with Crippen LogP contribution in [0.2, 0.25) is 0 Å². The zero-order valence-electron chi connectivity index (χ0n) is 15.0. The van der Waals surface area contributed by atoms with Crippen LogP contribution in [-0.2, 0) is 11.3 Å². The quantitative estimate of drug-likeness (QED) is 0.863. The molecule has 3 rings (SSSR count). The first-order chi connectivity index (χ1) is 12.6. The molecule has 136 valence electrons. The predicted molar refractivity (Wildman–Crippen MR) is 97.5 cm³/mol. The van der Waals surface area contributed by atoms with Crippen molar-refractivity contribution in [1.29, 1.82) is 0 Å². The van der Waals surface area contributed by atoms with E-state index in [9.17, 15) is 9.90 Å². The highest BCUT2D eigenvalue weighted by molar-refractivity contribution is 6.22. The van der Waals surface area contributed by atoms with E-state index in [1.54, 1.807) is 56.6 Å². The molecule has 0 spiro atoms. The summed E-state index contributed by atoms with van der Waals surface area (Å²) >= 11 is 0. The molecule has 0 aliphatic carbocycles. The number of hydrogen-bond donors (Lipinski definition) is 1. The van der Waals surface area contributed by atoms with E-state index in [1.807, 2.05) is 12.1 Å². The molecule has 26 heavy (non-hydrogen) atoms. The standard InChI is InChI=1S/C20H21NO5/c1-24-15-7-4-13(5-8-15)19-17(22)12-21(20(19)23)11-14-6-9-16(25-2)10-18(14)26-3/h4-10,22H,11-12H2,1-3H3. The fourth-order valence-electron chi connectivity index (χ4n) is 2.98. The molecule has 0 fully saturated rings. The first-order valence-electron chi connectivity index (χ1n) is 8.14. The van der Waals surface area contributed by atoms with Gasteiger partial charge in [-0.05, 0) is 29.8 Å². The molecule has 0 unspecified atom stereocenters. The second kappa shape index (κ2) is 7.39. The molecule has 2 aromatic carbocycles. The largest absolute Gasteiger partial charge is 0.510 e. The molecule has 1 aliphatic heterocycles. The van der Waals surface area contributed by atoms with Gasteiger partial charge in [0.1, 0.15) is 23.0 Å². The number of hydrogen-bond acceptors (Lipinski definition) is 5. The number of carbonyl (C=O) groups excluding carboxylic acids is 1. The van der Waals surface area contributed by atoms with Gasteiger partial charge in [0, 0.05) is 11.6 Å². The number of benzene rings is 2. The fourth-order valence-corrected chi connectivity index (χ4v) is 2.98. The molecular formula is C20H21NO5. The van der Waals surface area contributed by atoms with Crippen molar-refractivity contribution in [1.82, 2.24) is 4.90 Å². The summed E-state index contributed by atoms with van der Waals surface area (Å²) in [6.45, 7) is 0.491. The van der Waals surface area contributed by atoms with Crippen LogP contribution in [0.25, 0.3) is 5.57 Å². The van der Waals surface area contributed by atoms with Crippen molar-refractivity contribution in [2.24, 2.45) is 0 Å². The molecular weight excluding hydrogens is 334 g/mol. The van der Waals surface area contributed by atoms with Crippen molar-refractivity contribution in [2.75, 3.05) is 27.9 Å². The first-order valence-corrected chi connectivity index (χ1v) is 8.14. The zero-order chi connectivity index (χ0) is 18.7. The number of aliphatic hydroxyl groups excluding tert-OH is 1. The van der Waals surface area contributed by atoms with Gasteiger partial charge in [-0.3, -0.25) is 4.79 Å². The van der Waals surface area contributed by atoms with Gasteiger partial charge in [-0.2, -0.15) is 0 Å². The Morgan fingerprint density at radius 3 is 2.23 bits per heavy atom. The summed E-state index contributed by atoms with van der Waals surface area (Å²) in [7, 11) is 4.74. The minimum absolute atomic E-state index is 0.0626. The summed E-state index contributed by atoms with van der Waals surface area (Å²) in [5, 5.41) is 10.3. The van der Waals surface area contributed by atoms with Gasteiger partial charge < -0.3 is 24.2 Å². The molecule has 0 bridgehead atoms. The number of nitrogens with zero attached hydrogens (tertiary/aromatic N) is 1. The minimum Gasteiger partial charge on any atom is -0.510 e. The predicted octanol–water partition coefficient (Wildman–Crippen LogP) is 3.02. The lowest BCUT2D eigenvalue weighted by molar-refractivity contribution is -0.124. The highest BCUT2D eigenvalue weighted by Crippen LogP contribution is 2.31. The van der Waals surface area contributed by atoms with Crippen LogP contribution >= 0.6 is 0 Å². The molecule has 0 radical (unpaired) electrons. The van der Waals surface area contributed by atoms with Crippen molar-refractivity contribution < 1.29 is 24.1 Å². The SMILES string of the molecule is COc1ccc(C2=C(O)CN(Cc3ccc(OC)cc3OC)C2=O)cc1. The topological polar surface area (TPSA) is 68.2 Å². The van der Waals surface area contributed by atoms with Gasteiger partial charge in [0.2, 0.25) is 0 Å². The fraction of sp³-hybridized carbons (Fsp3) is 0.250. The van der Waals surface area contributed by atoms with Gasteiger partial charge in [-0.25, -0.2) is 0 Å². The van der Waals surface area contributed by atoms with Crippen LogP contribution in [-0.4, -0.2) is 43.8 Å². The normalized spacial score (nSPS) is 14.0. The summed E-state index contributed by atoms with van der Waals surface area (Å²) in [6, 6.07) is 12.5. The number of methoxy groups -OCH3 is 3. The average molecular weight is 355 g/mol. The lowest BCUT2D eigenvalue weighted by Gasteiger charge is -2.18. The van der Waals surface area contributed by atoms with Gasteiger partial charge in [-0.15, -0.1) is 0 Å². The maximum absolute atomic E-state index is 12.8. The molecule has 1 N–H and O–H groups in total. The number of ether oxygens (including phenoxy) is 3. The highest BCUT2D eigenvalue weighted by atomic mass is 16.5. The number of carbonyl (C=O) groups is 1. The van der Waals surface area contributed by atoms with E-state index < -0.39 is 0 Å². The Hall–Kier alpha value is -3.15. The van der Waals surface area contributed by atoms with E-state index in [2.05, 4.69) is 0 Å². The van der Waals surface area contributed by atoms with Crippen LogP contribution in [0.5, 0.6) is 17.2 Å². The molecule has 1 heterocycles. The molecule has 0 saturated heterocycles. The Balaban J connectivity index is 1.81. The Morgan fingerprint density at radius 2 is 1.62 bits per heavy atom. The van der Waals surface area contributed by atoms with Crippen molar-refractivity contribution in [3.05, 3.63) is 59.4 Å². The maximum Gasteiger partial charge on any atom is 0.258 e. The third kappa shape index (κ3) is 3.31. The Morgan fingerprint density at radius 1 is 0.962 bits per heavy atom. The monoisotopic (exact) mass is 355 g/mol. The van der Waals surface area contributed by atoms with Crippen LogP contribution in [0.1, 0.15) is 11.1 Å². The summed E-state index contributed by atoms with van der Waals surface area (Å²) in [5.74, 6) is 1.85. The summed E-state index contributed by atoms with van der Waals surface area (Å²) in [4.78, 5) is 14.4. The van der Waals surface area contributed by atoms with Crippen LogP contribution in [0.3, 0.4) is 0 Å². The second-order valence-electron chi connectivity index (χ2n) is 5.89. The lowest BCUT2D eigenvalue weighted by Crippen LogP contribution is -2.26. The van der Waals surface area contributed by atoms with Crippen molar-refractivity contribution >= 4 is 11.5 Å². The van der Waals surface area contributed by atoms with E-state index >= 15 is 0 Å². The van der Waals surface area contributed by atoms with E-state index in [1.165, 1.54) is 0 Å². The summed E-state index contributed by atoms with van der Waals surface area (Å²) in [6.07, 6.45) is 0. The van der Waals surface area contributed by atoms with Crippen molar-refractivity contribution in [3.63, 3.8) is 0 Å². The van der Waals surface area contributed by atoms with Crippen LogP contribution < -0.4 is 14.2 Å². The van der Waals surface area contributed by atoms with Crippen LogP contribution in [0.15, 0.2) is 48.2 Å². The van der Waals surface area contributed by atoms with E-state index in [4.69, 9.17) is 14.2 Å². The highest BCUT2D eigenvalue weighted by Gasteiger charge is 2.31. The Kier molecular flexibility index (Phi) is 5.02. The first kappa shape index (κ1) is 17.7. The zero-order valence-corrected chi connectivity index (χ0v) is 15.0. The average Bonchev–Trinajstić information content (AvgIpc) is 2.95. The molecule has 1 aliphatic rings. The molecule has 2 aromatic rings. The molecule has 0 saturated carbocycles. The van der Waals surface area contributed by atoms with Crippen LogP contribution in [0, 0.1) is 0 Å². The molecule has 6 heteroatoms. The third-order valence-electron chi connectivity index (χ3n) is 4.36. The summed E-state index contributed by atoms with van der Waals surface area (Å²) in [5.41, 5.74) is 1.82. The van der Waals surface area contributed by atoms with Gasteiger partial charge in [0.15, 0.2) is 0 Å². The smallest absolute Gasteiger partial charge is 0.258 e.